The van der Waals surface area contributed by atoms with Gasteiger partial charge >= 0.3 is 0 Å². The van der Waals surface area contributed by atoms with Crippen molar-refractivity contribution in [3.8, 4) is 0 Å². The molecule has 0 aliphatic heterocycles. The molecule has 0 radical (unpaired) electrons. The standard InChI is InChI=1S/C12H22N4O2/c13-10(16-18)7-12(3-4-12)8-14-5-6-15-11(17)9-1-2-9/h9,14,18H,1-8H2,(H2,13,16)(H,15,17). The number of carbonyl (C=O) groups is 1. The Kier molecular flexibility index (Phi) is 4.06. The van der Waals surface area contributed by atoms with Crippen molar-refractivity contribution in [2.45, 2.75) is 32.1 Å². The first-order valence-electron chi connectivity index (χ1n) is 6.60. The van der Waals surface area contributed by atoms with E-state index in [4.69, 9.17) is 10.9 Å². The van der Waals surface area contributed by atoms with Crippen LogP contribution in [0.4, 0.5) is 0 Å². The highest BCUT2D eigenvalue weighted by molar-refractivity contribution is 5.81. The van der Waals surface area contributed by atoms with Crippen LogP contribution < -0.4 is 16.4 Å². The summed E-state index contributed by atoms with van der Waals surface area (Å²) in [6.45, 7) is 2.31. The molecule has 2 fully saturated rings. The van der Waals surface area contributed by atoms with E-state index in [2.05, 4.69) is 15.8 Å². The topological polar surface area (TPSA) is 99.7 Å². The van der Waals surface area contributed by atoms with Crippen molar-refractivity contribution in [3.05, 3.63) is 0 Å². The normalized spacial score (nSPS) is 21.7. The molecular weight excluding hydrogens is 232 g/mol. The van der Waals surface area contributed by atoms with Gasteiger partial charge in [0, 0.05) is 32.0 Å². The van der Waals surface area contributed by atoms with Crippen molar-refractivity contribution in [2.75, 3.05) is 19.6 Å². The zero-order valence-corrected chi connectivity index (χ0v) is 10.6. The Morgan fingerprint density at radius 2 is 2.11 bits per heavy atom. The number of hydrogen-bond donors (Lipinski definition) is 4. The fourth-order valence-corrected chi connectivity index (χ4v) is 2.13. The third-order valence-corrected chi connectivity index (χ3v) is 3.69. The van der Waals surface area contributed by atoms with Gasteiger partial charge in [-0.25, -0.2) is 0 Å². The summed E-state index contributed by atoms with van der Waals surface area (Å²) in [5, 5.41) is 17.8. The molecule has 2 aliphatic carbocycles. The van der Waals surface area contributed by atoms with E-state index in [0.717, 1.165) is 38.8 Å². The molecular formula is C12H22N4O2. The summed E-state index contributed by atoms with van der Waals surface area (Å²) in [6.07, 6.45) is 4.96. The number of carbonyl (C=O) groups excluding carboxylic acids is 1. The second-order valence-corrected chi connectivity index (χ2v) is 5.51. The molecule has 18 heavy (non-hydrogen) atoms. The lowest BCUT2D eigenvalue weighted by molar-refractivity contribution is -0.122. The predicted octanol–water partition coefficient (Wildman–Crippen LogP) is 0.0189. The highest BCUT2D eigenvalue weighted by Gasteiger charge is 2.42. The summed E-state index contributed by atoms with van der Waals surface area (Å²) in [7, 11) is 0. The number of hydrogen-bond acceptors (Lipinski definition) is 4. The highest BCUT2D eigenvalue weighted by atomic mass is 16.4. The van der Waals surface area contributed by atoms with Crippen LogP contribution in [0.2, 0.25) is 0 Å². The summed E-state index contributed by atoms with van der Waals surface area (Å²) in [5.74, 6) is 0.770. The second-order valence-electron chi connectivity index (χ2n) is 5.51. The first-order valence-corrected chi connectivity index (χ1v) is 6.60. The molecule has 0 aromatic heterocycles. The van der Waals surface area contributed by atoms with Gasteiger partial charge in [-0.2, -0.15) is 0 Å². The lowest BCUT2D eigenvalue weighted by atomic mass is 10.0. The van der Waals surface area contributed by atoms with E-state index in [1.54, 1.807) is 0 Å². The van der Waals surface area contributed by atoms with Crippen LogP contribution in [0.5, 0.6) is 0 Å². The molecule has 0 saturated heterocycles. The van der Waals surface area contributed by atoms with E-state index < -0.39 is 0 Å². The highest BCUT2D eigenvalue weighted by Crippen LogP contribution is 2.48. The molecule has 0 unspecified atom stereocenters. The van der Waals surface area contributed by atoms with Gasteiger partial charge in [-0.15, -0.1) is 0 Å². The summed E-state index contributed by atoms with van der Waals surface area (Å²) < 4.78 is 0. The maximum absolute atomic E-state index is 11.4. The molecule has 0 atom stereocenters. The Bertz CT molecular complexity index is 335. The molecule has 2 aliphatic rings. The third-order valence-electron chi connectivity index (χ3n) is 3.69. The molecule has 102 valence electrons. The van der Waals surface area contributed by atoms with E-state index in [9.17, 15) is 4.79 Å². The van der Waals surface area contributed by atoms with Crippen LogP contribution >= 0.6 is 0 Å². The van der Waals surface area contributed by atoms with Crippen molar-refractivity contribution in [1.82, 2.24) is 10.6 Å². The fraction of sp³-hybridized carbons (Fsp3) is 0.833. The van der Waals surface area contributed by atoms with Gasteiger partial charge in [0.05, 0.1) is 0 Å². The quantitative estimate of drug-likeness (QED) is 0.161. The predicted molar refractivity (Wildman–Crippen MR) is 68.3 cm³/mol. The minimum Gasteiger partial charge on any atom is -0.409 e. The summed E-state index contributed by atoms with van der Waals surface area (Å²) in [4.78, 5) is 11.4. The monoisotopic (exact) mass is 254 g/mol. The van der Waals surface area contributed by atoms with Gasteiger partial charge in [-0.05, 0) is 31.1 Å². The Labute approximate surface area is 107 Å². The number of nitrogens with zero attached hydrogens (tertiary/aromatic N) is 1. The van der Waals surface area contributed by atoms with Crippen LogP contribution in [-0.4, -0.2) is 36.6 Å². The van der Waals surface area contributed by atoms with Gasteiger partial charge in [0.25, 0.3) is 0 Å². The molecule has 0 bridgehead atoms. The van der Waals surface area contributed by atoms with Crippen molar-refractivity contribution in [2.24, 2.45) is 22.2 Å². The Balaban J connectivity index is 1.53. The maximum atomic E-state index is 11.4. The fourth-order valence-electron chi connectivity index (χ4n) is 2.13. The second kappa shape index (κ2) is 5.56. The maximum Gasteiger partial charge on any atom is 0.223 e. The van der Waals surface area contributed by atoms with Gasteiger partial charge in [0.15, 0.2) is 0 Å². The van der Waals surface area contributed by atoms with Gasteiger partial charge in [-0.3, -0.25) is 4.79 Å². The average molecular weight is 254 g/mol. The smallest absolute Gasteiger partial charge is 0.223 e. The van der Waals surface area contributed by atoms with Gasteiger partial charge in [0.1, 0.15) is 5.84 Å². The molecule has 5 N–H and O–H groups in total. The lowest BCUT2D eigenvalue weighted by Crippen LogP contribution is -2.35. The van der Waals surface area contributed by atoms with Crippen molar-refractivity contribution in [3.63, 3.8) is 0 Å². The molecule has 0 aromatic carbocycles. The first kappa shape index (κ1) is 13.1. The molecule has 0 aromatic rings. The molecule has 2 rings (SSSR count). The molecule has 6 heteroatoms. The number of oxime groups is 1. The van der Waals surface area contributed by atoms with Gasteiger partial charge in [-0.1, -0.05) is 5.16 Å². The van der Waals surface area contributed by atoms with E-state index in [-0.39, 0.29) is 17.2 Å². The number of nitrogens with one attached hydrogen (secondary N) is 2. The summed E-state index contributed by atoms with van der Waals surface area (Å²) >= 11 is 0. The molecule has 6 nitrogen and oxygen atoms in total. The number of amides is 1. The summed E-state index contributed by atoms with van der Waals surface area (Å²) in [6, 6.07) is 0. The number of nitrogens with two attached hydrogens (primary N) is 1. The van der Waals surface area contributed by atoms with Crippen LogP contribution in [0.25, 0.3) is 0 Å². The van der Waals surface area contributed by atoms with E-state index in [0.29, 0.717) is 18.8 Å². The van der Waals surface area contributed by atoms with Crippen LogP contribution in [0.3, 0.4) is 0 Å². The van der Waals surface area contributed by atoms with Crippen LogP contribution in [0.15, 0.2) is 5.16 Å². The van der Waals surface area contributed by atoms with Crippen LogP contribution in [-0.2, 0) is 4.79 Å². The Hall–Kier alpha value is -1.30. The largest absolute Gasteiger partial charge is 0.409 e. The molecule has 1 amide bonds. The van der Waals surface area contributed by atoms with E-state index in [1.165, 1.54) is 0 Å². The van der Waals surface area contributed by atoms with Crippen LogP contribution in [0, 0.1) is 11.3 Å². The number of rotatable bonds is 8. The minimum atomic E-state index is 0.177. The van der Waals surface area contributed by atoms with E-state index in [1.807, 2.05) is 0 Å². The Morgan fingerprint density at radius 1 is 1.39 bits per heavy atom. The van der Waals surface area contributed by atoms with Gasteiger partial charge < -0.3 is 21.6 Å². The zero-order valence-electron chi connectivity index (χ0n) is 10.6. The third kappa shape index (κ3) is 3.87. The molecule has 0 spiro atoms. The number of amidine groups is 1. The SMILES string of the molecule is NC(CC1(CNCCNC(=O)C2CC2)CC1)=NO. The van der Waals surface area contributed by atoms with Crippen molar-refractivity contribution < 1.29 is 10.0 Å². The van der Waals surface area contributed by atoms with Crippen molar-refractivity contribution in [1.29, 1.82) is 0 Å². The Morgan fingerprint density at radius 3 is 2.67 bits per heavy atom. The molecule has 0 heterocycles. The van der Waals surface area contributed by atoms with Crippen LogP contribution in [0.1, 0.15) is 32.1 Å². The average Bonchev–Trinajstić information content (AvgIpc) is 3.23. The minimum absolute atomic E-state index is 0.177. The summed E-state index contributed by atoms with van der Waals surface area (Å²) in [5.41, 5.74) is 5.70. The first-order chi connectivity index (χ1) is 8.65. The lowest BCUT2D eigenvalue weighted by Gasteiger charge is -2.15. The molecule has 2 saturated carbocycles. The van der Waals surface area contributed by atoms with E-state index >= 15 is 0 Å². The zero-order chi connectivity index (χ0) is 13.0. The van der Waals surface area contributed by atoms with Gasteiger partial charge in [0.2, 0.25) is 5.91 Å². The van der Waals surface area contributed by atoms with Crippen molar-refractivity contribution >= 4 is 11.7 Å².